The molecule has 1 aliphatic heterocycles. The highest BCUT2D eigenvalue weighted by Crippen LogP contribution is 2.25. The average molecular weight is 230 g/mol. The predicted octanol–water partition coefficient (Wildman–Crippen LogP) is 2.60. The molecular weight excluding hydrogens is 208 g/mol. The van der Waals surface area contributed by atoms with Gasteiger partial charge in [-0.15, -0.1) is 6.58 Å². The maximum absolute atomic E-state index is 3.86. The van der Waals surface area contributed by atoms with E-state index in [9.17, 15) is 0 Å². The lowest BCUT2D eigenvalue weighted by atomic mass is 9.94. The highest BCUT2D eigenvalue weighted by molar-refractivity contribution is 5.20. The summed E-state index contributed by atoms with van der Waals surface area (Å²) < 4.78 is 0. The summed E-state index contributed by atoms with van der Waals surface area (Å²) in [4.78, 5) is 2.49. The summed E-state index contributed by atoms with van der Waals surface area (Å²) in [6, 6.07) is 11.1. The van der Waals surface area contributed by atoms with Crippen molar-refractivity contribution < 1.29 is 0 Å². The van der Waals surface area contributed by atoms with Crippen molar-refractivity contribution in [2.75, 3.05) is 19.6 Å². The summed E-state index contributed by atoms with van der Waals surface area (Å²) in [5.41, 5.74) is 1.58. The zero-order chi connectivity index (χ0) is 12.3. The van der Waals surface area contributed by atoms with Crippen LogP contribution in [0.1, 0.15) is 25.5 Å². The Morgan fingerprint density at radius 3 is 2.76 bits per heavy atom. The molecule has 0 bridgehead atoms. The fourth-order valence-electron chi connectivity index (χ4n) is 2.40. The first-order chi connectivity index (χ1) is 8.13. The molecule has 1 aromatic rings. The van der Waals surface area contributed by atoms with Crippen LogP contribution < -0.4 is 5.32 Å². The molecule has 0 saturated carbocycles. The number of benzene rings is 1. The second-order valence-corrected chi connectivity index (χ2v) is 5.35. The van der Waals surface area contributed by atoms with Crippen molar-refractivity contribution in [2.24, 2.45) is 0 Å². The minimum absolute atomic E-state index is 0.208. The fraction of sp³-hybridized carbons (Fsp3) is 0.467. The first kappa shape index (κ1) is 12.3. The standard InChI is InChI=1S/C15H22N2/c1-4-10-17-11-14(16-12-15(17,2)3)13-8-6-5-7-9-13/h4-9,14,16H,1,10-12H2,2-3H3. The molecule has 1 heterocycles. The molecule has 2 nitrogen and oxygen atoms in total. The van der Waals surface area contributed by atoms with Gasteiger partial charge >= 0.3 is 0 Å². The van der Waals surface area contributed by atoms with E-state index in [1.807, 2.05) is 6.08 Å². The number of rotatable bonds is 3. The SMILES string of the molecule is C=CCN1CC(c2ccccc2)NCC1(C)C. The van der Waals surface area contributed by atoms with E-state index >= 15 is 0 Å². The van der Waals surface area contributed by atoms with Crippen molar-refractivity contribution in [1.29, 1.82) is 0 Å². The zero-order valence-corrected chi connectivity index (χ0v) is 10.8. The van der Waals surface area contributed by atoms with Gasteiger partial charge in [0.1, 0.15) is 0 Å². The first-order valence-corrected chi connectivity index (χ1v) is 6.28. The van der Waals surface area contributed by atoms with E-state index in [4.69, 9.17) is 0 Å². The molecule has 0 amide bonds. The Hall–Kier alpha value is -1.12. The molecular formula is C15H22N2. The van der Waals surface area contributed by atoms with Gasteiger partial charge in [-0.1, -0.05) is 36.4 Å². The molecule has 1 N–H and O–H groups in total. The Morgan fingerprint density at radius 2 is 2.12 bits per heavy atom. The lowest BCUT2D eigenvalue weighted by molar-refractivity contribution is 0.0785. The minimum Gasteiger partial charge on any atom is -0.307 e. The Bertz CT molecular complexity index is 370. The Kier molecular flexibility index (Phi) is 3.65. The lowest BCUT2D eigenvalue weighted by Crippen LogP contribution is -2.58. The fourth-order valence-corrected chi connectivity index (χ4v) is 2.40. The molecule has 2 heteroatoms. The monoisotopic (exact) mass is 230 g/mol. The van der Waals surface area contributed by atoms with Crippen LogP contribution >= 0.6 is 0 Å². The highest BCUT2D eigenvalue weighted by atomic mass is 15.3. The van der Waals surface area contributed by atoms with E-state index in [0.29, 0.717) is 6.04 Å². The van der Waals surface area contributed by atoms with E-state index < -0.39 is 0 Å². The molecule has 1 aliphatic rings. The van der Waals surface area contributed by atoms with Crippen molar-refractivity contribution >= 4 is 0 Å². The number of nitrogens with one attached hydrogen (secondary N) is 1. The van der Waals surface area contributed by atoms with Crippen molar-refractivity contribution in [2.45, 2.75) is 25.4 Å². The molecule has 0 spiro atoms. The summed E-state index contributed by atoms with van der Waals surface area (Å²) in [6.45, 7) is 11.4. The Morgan fingerprint density at radius 1 is 1.41 bits per heavy atom. The van der Waals surface area contributed by atoms with Crippen LogP contribution in [-0.2, 0) is 0 Å². The molecule has 2 rings (SSSR count). The van der Waals surface area contributed by atoms with Gasteiger partial charge in [0.25, 0.3) is 0 Å². The summed E-state index contributed by atoms with van der Waals surface area (Å²) in [6.07, 6.45) is 2.00. The third-order valence-corrected chi connectivity index (χ3v) is 3.59. The number of hydrogen-bond acceptors (Lipinski definition) is 2. The smallest absolute Gasteiger partial charge is 0.0450 e. The van der Waals surface area contributed by atoms with Crippen LogP contribution in [0.4, 0.5) is 0 Å². The van der Waals surface area contributed by atoms with E-state index in [1.54, 1.807) is 0 Å². The summed E-state index contributed by atoms with van der Waals surface area (Å²) in [7, 11) is 0. The van der Waals surface area contributed by atoms with Crippen LogP contribution in [0.15, 0.2) is 43.0 Å². The van der Waals surface area contributed by atoms with Crippen LogP contribution in [0.5, 0.6) is 0 Å². The molecule has 17 heavy (non-hydrogen) atoms. The van der Waals surface area contributed by atoms with Gasteiger partial charge < -0.3 is 5.32 Å². The predicted molar refractivity (Wildman–Crippen MR) is 73.0 cm³/mol. The molecule has 0 aliphatic carbocycles. The van der Waals surface area contributed by atoms with E-state index in [-0.39, 0.29) is 5.54 Å². The molecule has 1 unspecified atom stereocenters. The molecule has 0 aromatic heterocycles. The topological polar surface area (TPSA) is 15.3 Å². The van der Waals surface area contributed by atoms with Gasteiger partial charge in [-0.05, 0) is 19.4 Å². The van der Waals surface area contributed by atoms with Crippen molar-refractivity contribution in [3.8, 4) is 0 Å². The molecule has 1 fully saturated rings. The number of hydrogen-bond donors (Lipinski definition) is 1. The second kappa shape index (κ2) is 5.03. The normalized spacial score (nSPS) is 24.5. The Balaban J connectivity index is 2.11. The maximum atomic E-state index is 3.86. The highest BCUT2D eigenvalue weighted by Gasteiger charge is 2.33. The first-order valence-electron chi connectivity index (χ1n) is 6.28. The quantitative estimate of drug-likeness (QED) is 0.803. The van der Waals surface area contributed by atoms with Crippen molar-refractivity contribution in [3.63, 3.8) is 0 Å². The van der Waals surface area contributed by atoms with Gasteiger partial charge in [-0.25, -0.2) is 0 Å². The van der Waals surface area contributed by atoms with Crippen LogP contribution in [0.25, 0.3) is 0 Å². The van der Waals surface area contributed by atoms with Crippen LogP contribution in [-0.4, -0.2) is 30.1 Å². The van der Waals surface area contributed by atoms with E-state index in [0.717, 1.165) is 19.6 Å². The molecule has 1 saturated heterocycles. The third kappa shape index (κ3) is 2.76. The van der Waals surface area contributed by atoms with Gasteiger partial charge in [0, 0.05) is 31.2 Å². The molecule has 0 radical (unpaired) electrons. The van der Waals surface area contributed by atoms with Gasteiger partial charge in [0.15, 0.2) is 0 Å². The summed E-state index contributed by atoms with van der Waals surface area (Å²) >= 11 is 0. The van der Waals surface area contributed by atoms with Crippen molar-refractivity contribution in [1.82, 2.24) is 10.2 Å². The third-order valence-electron chi connectivity index (χ3n) is 3.59. The largest absolute Gasteiger partial charge is 0.307 e. The van der Waals surface area contributed by atoms with Crippen molar-refractivity contribution in [3.05, 3.63) is 48.6 Å². The van der Waals surface area contributed by atoms with Crippen LogP contribution in [0.2, 0.25) is 0 Å². The van der Waals surface area contributed by atoms with Crippen LogP contribution in [0.3, 0.4) is 0 Å². The van der Waals surface area contributed by atoms with E-state index in [2.05, 4.69) is 61.0 Å². The maximum Gasteiger partial charge on any atom is 0.0450 e. The van der Waals surface area contributed by atoms with Gasteiger partial charge in [-0.2, -0.15) is 0 Å². The number of nitrogens with zero attached hydrogens (tertiary/aromatic N) is 1. The summed E-state index contributed by atoms with van der Waals surface area (Å²) in [5, 5.41) is 3.64. The number of piperazine rings is 1. The molecule has 1 atom stereocenters. The van der Waals surface area contributed by atoms with Crippen LogP contribution in [0, 0.1) is 0 Å². The Labute approximate surface area is 104 Å². The second-order valence-electron chi connectivity index (χ2n) is 5.35. The minimum atomic E-state index is 0.208. The van der Waals surface area contributed by atoms with Gasteiger partial charge in [-0.3, -0.25) is 4.90 Å². The van der Waals surface area contributed by atoms with Gasteiger partial charge in [0.05, 0.1) is 0 Å². The summed E-state index contributed by atoms with van der Waals surface area (Å²) in [5.74, 6) is 0. The van der Waals surface area contributed by atoms with E-state index in [1.165, 1.54) is 5.56 Å². The van der Waals surface area contributed by atoms with Gasteiger partial charge in [0.2, 0.25) is 0 Å². The molecule has 1 aromatic carbocycles. The zero-order valence-electron chi connectivity index (χ0n) is 10.8. The lowest BCUT2D eigenvalue weighted by Gasteiger charge is -2.46. The molecule has 92 valence electrons. The average Bonchev–Trinajstić information content (AvgIpc) is 2.33.